The maximum Gasteiger partial charge on any atom is 0.341 e. The number of ether oxygens (including phenoxy) is 1. The summed E-state index contributed by atoms with van der Waals surface area (Å²) in [5.41, 5.74) is 2.52. The Bertz CT molecular complexity index is 728. The zero-order valence-electron chi connectivity index (χ0n) is 14.5. The minimum absolute atomic E-state index is 0.0460. The Kier molecular flexibility index (Phi) is 6.57. The smallest absolute Gasteiger partial charge is 0.341 e. The molecule has 1 unspecified atom stereocenters. The number of nitrogens with one attached hydrogen (secondary N) is 1. The van der Waals surface area contributed by atoms with Crippen molar-refractivity contribution in [2.75, 3.05) is 11.9 Å². The Morgan fingerprint density at radius 2 is 1.88 bits per heavy atom. The van der Waals surface area contributed by atoms with Gasteiger partial charge < -0.3 is 15.2 Å². The molecule has 1 atom stereocenters. The predicted octanol–water partition coefficient (Wildman–Crippen LogP) is 3.98. The van der Waals surface area contributed by atoms with Gasteiger partial charge in [-0.25, -0.2) is 4.79 Å². The van der Waals surface area contributed by atoms with Crippen molar-refractivity contribution >= 4 is 17.6 Å². The summed E-state index contributed by atoms with van der Waals surface area (Å²) in [7, 11) is 0. The van der Waals surface area contributed by atoms with E-state index in [2.05, 4.69) is 12.2 Å². The maximum atomic E-state index is 12.7. The molecule has 25 heavy (non-hydrogen) atoms. The van der Waals surface area contributed by atoms with Crippen LogP contribution in [0.4, 0.5) is 5.69 Å². The second kappa shape index (κ2) is 8.87. The molecule has 5 nitrogen and oxygen atoms in total. The standard InChI is InChI=1S/C20H23NO4/c1-3-7-17(15-8-5-4-6-9-15)20(24)21-18-11-10-16(12-14(18)2)25-13-19(22)23/h4-6,8-12,17H,3,7,13H2,1-2H3,(H,21,24)(H,22,23). The number of hydrogen-bond acceptors (Lipinski definition) is 3. The fourth-order valence-electron chi connectivity index (χ4n) is 2.65. The summed E-state index contributed by atoms with van der Waals surface area (Å²) in [4.78, 5) is 23.3. The van der Waals surface area contributed by atoms with Crippen molar-refractivity contribution in [2.24, 2.45) is 0 Å². The highest BCUT2D eigenvalue weighted by Gasteiger charge is 2.20. The van der Waals surface area contributed by atoms with Crippen LogP contribution in [0.3, 0.4) is 0 Å². The molecular formula is C20H23NO4. The van der Waals surface area contributed by atoms with Crippen molar-refractivity contribution in [2.45, 2.75) is 32.6 Å². The van der Waals surface area contributed by atoms with E-state index in [-0.39, 0.29) is 11.8 Å². The molecule has 0 aliphatic rings. The molecule has 132 valence electrons. The minimum atomic E-state index is -1.03. The molecule has 0 aromatic heterocycles. The predicted molar refractivity (Wildman–Crippen MR) is 97.0 cm³/mol. The first kappa shape index (κ1) is 18.5. The van der Waals surface area contributed by atoms with Gasteiger partial charge in [0.05, 0.1) is 5.92 Å². The van der Waals surface area contributed by atoms with Crippen molar-refractivity contribution < 1.29 is 19.4 Å². The van der Waals surface area contributed by atoms with Gasteiger partial charge in [-0.15, -0.1) is 0 Å². The van der Waals surface area contributed by atoms with Crippen LogP contribution in [0.1, 0.15) is 36.8 Å². The topological polar surface area (TPSA) is 75.6 Å². The van der Waals surface area contributed by atoms with Crippen LogP contribution in [0.2, 0.25) is 0 Å². The second-order valence-electron chi connectivity index (χ2n) is 5.90. The number of anilines is 1. The summed E-state index contributed by atoms with van der Waals surface area (Å²) in [6, 6.07) is 14.9. The average Bonchev–Trinajstić information content (AvgIpc) is 2.60. The van der Waals surface area contributed by atoms with Crippen molar-refractivity contribution in [1.29, 1.82) is 0 Å². The summed E-state index contributed by atoms with van der Waals surface area (Å²) >= 11 is 0. The van der Waals surface area contributed by atoms with Gasteiger partial charge in [0.2, 0.25) is 5.91 Å². The molecule has 2 aromatic rings. The number of rotatable bonds is 8. The molecule has 0 radical (unpaired) electrons. The molecule has 0 fully saturated rings. The van der Waals surface area contributed by atoms with E-state index >= 15 is 0 Å². The average molecular weight is 341 g/mol. The fraction of sp³-hybridized carbons (Fsp3) is 0.300. The molecule has 5 heteroatoms. The van der Waals surface area contributed by atoms with E-state index in [1.807, 2.05) is 37.3 Å². The lowest BCUT2D eigenvalue weighted by atomic mass is 9.93. The molecule has 2 aromatic carbocycles. The Balaban J connectivity index is 2.11. The summed E-state index contributed by atoms with van der Waals surface area (Å²) < 4.78 is 5.15. The second-order valence-corrected chi connectivity index (χ2v) is 5.90. The Labute approximate surface area is 147 Å². The van der Waals surface area contributed by atoms with Gasteiger partial charge in [-0.2, -0.15) is 0 Å². The summed E-state index contributed by atoms with van der Waals surface area (Å²) in [6.07, 6.45) is 1.68. The van der Waals surface area contributed by atoms with Gasteiger partial charge in [0.25, 0.3) is 0 Å². The number of aryl methyl sites for hydroxylation is 1. The van der Waals surface area contributed by atoms with E-state index in [4.69, 9.17) is 9.84 Å². The van der Waals surface area contributed by atoms with Crippen molar-refractivity contribution in [3.8, 4) is 5.75 Å². The number of carbonyl (C=O) groups excluding carboxylic acids is 1. The van der Waals surface area contributed by atoms with Gasteiger partial charge >= 0.3 is 5.97 Å². The number of carboxylic acid groups (broad SMARTS) is 1. The van der Waals surface area contributed by atoms with Crippen LogP contribution >= 0.6 is 0 Å². The molecule has 0 saturated carbocycles. The van der Waals surface area contributed by atoms with Crippen LogP contribution < -0.4 is 10.1 Å². The van der Waals surface area contributed by atoms with Crippen molar-refractivity contribution in [3.63, 3.8) is 0 Å². The van der Waals surface area contributed by atoms with Crippen molar-refractivity contribution in [1.82, 2.24) is 0 Å². The van der Waals surface area contributed by atoms with Gasteiger partial charge in [-0.1, -0.05) is 43.7 Å². The largest absolute Gasteiger partial charge is 0.482 e. The first-order valence-corrected chi connectivity index (χ1v) is 8.32. The minimum Gasteiger partial charge on any atom is -0.482 e. The van der Waals surface area contributed by atoms with Gasteiger partial charge in [-0.3, -0.25) is 4.79 Å². The first-order chi connectivity index (χ1) is 12.0. The van der Waals surface area contributed by atoms with E-state index < -0.39 is 12.6 Å². The lowest BCUT2D eigenvalue weighted by Crippen LogP contribution is -2.21. The van der Waals surface area contributed by atoms with Crippen molar-refractivity contribution in [3.05, 3.63) is 59.7 Å². The Morgan fingerprint density at radius 1 is 1.16 bits per heavy atom. The lowest BCUT2D eigenvalue weighted by Gasteiger charge is -2.18. The summed E-state index contributed by atoms with van der Waals surface area (Å²) in [6.45, 7) is 3.52. The van der Waals surface area contributed by atoms with E-state index in [1.54, 1.807) is 18.2 Å². The number of amides is 1. The number of benzene rings is 2. The number of carboxylic acids is 1. The molecule has 1 amide bonds. The normalized spacial score (nSPS) is 11.6. The quantitative estimate of drug-likeness (QED) is 0.761. The van der Waals surface area contributed by atoms with Crippen LogP contribution in [-0.4, -0.2) is 23.6 Å². The van der Waals surface area contributed by atoms with Crippen LogP contribution in [0, 0.1) is 6.92 Å². The van der Waals surface area contributed by atoms with Gasteiger partial charge in [0, 0.05) is 5.69 Å². The number of aliphatic carboxylic acids is 1. The van der Waals surface area contributed by atoms with Gasteiger partial charge in [-0.05, 0) is 42.7 Å². The third kappa shape index (κ3) is 5.35. The summed E-state index contributed by atoms with van der Waals surface area (Å²) in [5.74, 6) is -0.810. The van der Waals surface area contributed by atoms with Gasteiger partial charge in [0.1, 0.15) is 5.75 Å². The molecule has 0 heterocycles. The van der Waals surface area contributed by atoms with Crippen LogP contribution in [0.15, 0.2) is 48.5 Å². The number of carbonyl (C=O) groups is 2. The molecule has 2 N–H and O–H groups in total. The SMILES string of the molecule is CCCC(C(=O)Nc1ccc(OCC(=O)O)cc1C)c1ccccc1. The summed E-state index contributed by atoms with van der Waals surface area (Å²) in [5, 5.41) is 11.6. The van der Waals surface area contributed by atoms with Crippen LogP contribution in [0.25, 0.3) is 0 Å². The van der Waals surface area contributed by atoms with Crippen LogP contribution in [-0.2, 0) is 9.59 Å². The van der Waals surface area contributed by atoms with E-state index in [0.717, 1.165) is 24.0 Å². The number of hydrogen-bond donors (Lipinski definition) is 2. The Hall–Kier alpha value is -2.82. The highest BCUT2D eigenvalue weighted by Crippen LogP contribution is 2.26. The first-order valence-electron chi connectivity index (χ1n) is 8.32. The molecule has 0 aliphatic carbocycles. The highest BCUT2D eigenvalue weighted by molar-refractivity contribution is 5.96. The van der Waals surface area contributed by atoms with E-state index in [0.29, 0.717) is 11.4 Å². The molecular weight excluding hydrogens is 318 g/mol. The zero-order valence-corrected chi connectivity index (χ0v) is 14.5. The zero-order chi connectivity index (χ0) is 18.2. The molecule has 0 aliphatic heterocycles. The molecule has 2 rings (SSSR count). The third-order valence-electron chi connectivity index (χ3n) is 3.91. The van der Waals surface area contributed by atoms with E-state index in [1.165, 1.54) is 0 Å². The molecule has 0 bridgehead atoms. The third-order valence-corrected chi connectivity index (χ3v) is 3.91. The monoisotopic (exact) mass is 341 g/mol. The van der Waals surface area contributed by atoms with Crippen LogP contribution in [0.5, 0.6) is 5.75 Å². The highest BCUT2D eigenvalue weighted by atomic mass is 16.5. The lowest BCUT2D eigenvalue weighted by molar-refractivity contribution is -0.139. The van der Waals surface area contributed by atoms with E-state index in [9.17, 15) is 9.59 Å². The molecule has 0 spiro atoms. The van der Waals surface area contributed by atoms with Gasteiger partial charge in [0.15, 0.2) is 6.61 Å². The Morgan fingerprint density at radius 3 is 2.48 bits per heavy atom. The molecule has 0 saturated heterocycles. The maximum absolute atomic E-state index is 12.7. The fourth-order valence-corrected chi connectivity index (χ4v) is 2.65.